The van der Waals surface area contributed by atoms with Gasteiger partial charge in [0.05, 0.1) is 12.0 Å². The van der Waals surface area contributed by atoms with Crippen molar-refractivity contribution in [1.29, 1.82) is 0 Å². The number of nitrogens with zero attached hydrogens (tertiary/aromatic N) is 2. The van der Waals surface area contributed by atoms with Crippen LogP contribution in [0.2, 0.25) is 0 Å². The zero-order chi connectivity index (χ0) is 16.2. The van der Waals surface area contributed by atoms with E-state index in [1.54, 1.807) is 13.8 Å². The number of nitro groups is 1. The summed E-state index contributed by atoms with van der Waals surface area (Å²) in [6.07, 6.45) is 0. The first-order valence-electron chi connectivity index (χ1n) is 6.13. The van der Waals surface area contributed by atoms with E-state index in [2.05, 4.69) is 0 Å². The Morgan fingerprint density at radius 2 is 2.05 bits per heavy atom. The number of carboxylic acid groups (broad SMARTS) is 1. The molecule has 0 bridgehead atoms. The van der Waals surface area contributed by atoms with Crippen molar-refractivity contribution < 1.29 is 24.4 Å². The largest absolute Gasteiger partial charge is 0.496 e. The summed E-state index contributed by atoms with van der Waals surface area (Å²) in [7, 11) is 1.28. The number of hydrogen-bond donors (Lipinski definition) is 1. The molecule has 0 fully saturated rings. The van der Waals surface area contributed by atoms with Gasteiger partial charge in [-0.05, 0) is 19.9 Å². The summed E-state index contributed by atoms with van der Waals surface area (Å²) in [6, 6.07) is 3.55. The minimum atomic E-state index is -1.20. The number of carbonyl (C=O) groups is 2. The van der Waals surface area contributed by atoms with Crippen LogP contribution in [0.25, 0.3) is 0 Å². The van der Waals surface area contributed by atoms with Crippen LogP contribution in [0.5, 0.6) is 5.75 Å². The molecule has 0 spiro atoms. The summed E-state index contributed by atoms with van der Waals surface area (Å²) in [4.78, 5) is 34.8. The highest BCUT2D eigenvalue weighted by atomic mass is 16.6. The third-order valence-corrected chi connectivity index (χ3v) is 2.82. The molecule has 114 valence electrons. The van der Waals surface area contributed by atoms with E-state index in [0.29, 0.717) is 0 Å². The van der Waals surface area contributed by atoms with Crippen LogP contribution in [0, 0.1) is 10.1 Å². The number of aliphatic carboxylic acids is 1. The van der Waals surface area contributed by atoms with Gasteiger partial charge in [0.1, 0.15) is 12.3 Å². The monoisotopic (exact) mass is 296 g/mol. The Kier molecular flexibility index (Phi) is 5.23. The minimum absolute atomic E-state index is 0.0326. The molecule has 0 aliphatic heterocycles. The van der Waals surface area contributed by atoms with Crippen LogP contribution >= 0.6 is 0 Å². The molecule has 0 atom stereocenters. The number of hydrogen-bond acceptors (Lipinski definition) is 5. The van der Waals surface area contributed by atoms with Gasteiger partial charge in [0.25, 0.3) is 11.6 Å². The standard InChI is InChI=1S/C13H16N2O6/c1-8(2)14(7-11(16)17)13(18)12-9(15(19)20)5-4-6-10(12)21-3/h4-6,8H,7H2,1-3H3,(H,16,17). The fourth-order valence-electron chi connectivity index (χ4n) is 1.83. The van der Waals surface area contributed by atoms with E-state index < -0.39 is 35.1 Å². The maximum atomic E-state index is 12.5. The zero-order valence-electron chi connectivity index (χ0n) is 11.9. The average molecular weight is 296 g/mol. The second-order valence-electron chi connectivity index (χ2n) is 4.53. The van der Waals surface area contributed by atoms with E-state index in [-0.39, 0.29) is 11.3 Å². The SMILES string of the molecule is COc1cccc([N+](=O)[O-])c1C(=O)N(CC(=O)O)C(C)C. The number of nitro benzene ring substituents is 1. The molecule has 0 heterocycles. The van der Waals surface area contributed by atoms with E-state index in [1.807, 2.05) is 0 Å². The highest BCUT2D eigenvalue weighted by Crippen LogP contribution is 2.29. The molecule has 21 heavy (non-hydrogen) atoms. The van der Waals surface area contributed by atoms with Gasteiger partial charge in [-0.15, -0.1) is 0 Å². The molecule has 0 saturated heterocycles. The average Bonchev–Trinajstić information content (AvgIpc) is 2.42. The highest BCUT2D eigenvalue weighted by molar-refractivity contribution is 6.02. The van der Waals surface area contributed by atoms with E-state index in [4.69, 9.17) is 9.84 Å². The maximum Gasteiger partial charge on any atom is 0.323 e. The number of carbonyl (C=O) groups excluding carboxylic acids is 1. The number of benzene rings is 1. The van der Waals surface area contributed by atoms with Crippen LogP contribution in [0.15, 0.2) is 18.2 Å². The molecule has 0 saturated carbocycles. The molecule has 1 aromatic rings. The third kappa shape index (κ3) is 3.68. The molecule has 0 aliphatic carbocycles. The molecule has 0 aliphatic rings. The Labute approximate surface area is 121 Å². The van der Waals surface area contributed by atoms with Crippen molar-refractivity contribution in [3.8, 4) is 5.75 Å². The lowest BCUT2D eigenvalue weighted by molar-refractivity contribution is -0.385. The van der Waals surface area contributed by atoms with Gasteiger partial charge in [0.15, 0.2) is 5.56 Å². The van der Waals surface area contributed by atoms with Gasteiger partial charge in [-0.25, -0.2) is 0 Å². The van der Waals surface area contributed by atoms with E-state index in [0.717, 1.165) is 4.90 Å². The van der Waals surface area contributed by atoms with Gasteiger partial charge < -0.3 is 14.7 Å². The molecule has 0 unspecified atom stereocenters. The van der Waals surface area contributed by atoms with Gasteiger partial charge in [-0.3, -0.25) is 19.7 Å². The molecule has 0 radical (unpaired) electrons. The maximum absolute atomic E-state index is 12.5. The summed E-state index contributed by atoms with van der Waals surface area (Å²) >= 11 is 0. The Bertz CT molecular complexity index is 570. The summed E-state index contributed by atoms with van der Waals surface area (Å²) < 4.78 is 4.99. The Balaban J connectivity index is 3.38. The van der Waals surface area contributed by atoms with Crippen molar-refractivity contribution in [1.82, 2.24) is 4.90 Å². The first kappa shape index (κ1) is 16.4. The van der Waals surface area contributed by atoms with Crippen molar-refractivity contribution in [3.05, 3.63) is 33.9 Å². The van der Waals surface area contributed by atoms with Gasteiger partial charge in [-0.2, -0.15) is 0 Å². The number of amides is 1. The van der Waals surface area contributed by atoms with E-state index in [9.17, 15) is 19.7 Å². The van der Waals surface area contributed by atoms with E-state index >= 15 is 0 Å². The van der Waals surface area contributed by atoms with Crippen molar-refractivity contribution in [2.75, 3.05) is 13.7 Å². The molecule has 1 aromatic carbocycles. The molecule has 8 heteroatoms. The van der Waals surface area contributed by atoms with Crippen LogP contribution in [0.1, 0.15) is 24.2 Å². The first-order valence-corrected chi connectivity index (χ1v) is 6.13. The van der Waals surface area contributed by atoms with Gasteiger partial charge >= 0.3 is 5.97 Å². The summed E-state index contributed by atoms with van der Waals surface area (Å²) in [5.41, 5.74) is -0.671. The number of ether oxygens (including phenoxy) is 1. The molecule has 1 amide bonds. The molecular formula is C13H16N2O6. The highest BCUT2D eigenvalue weighted by Gasteiger charge is 2.31. The van der Waals surface area contributed by atoms with Crippen LogP contribution in [-0.4, -0.2) is 46.5 Å². The predicted octanol–water partition coefficient (Wildman–Crippen LogP) is 1.54. The van der Waals surface area contributed by atoms with Crippen LogP contribution in [0.4, 0.5) is 5.69 Å². The second kappa shape index (κ2) is 6.69. The van der Waals surface area contributed by atoms with Crippen LogP contribution < -0.4 is 4.74 Å². The number of carboxylic acids is 1. The first-order chi connectivity index (χ1) is 9.79. The zero-order valence-corrected chi connectivity index (χ0v) is 11.9. The van der Waals surface area contributed by atoms with Crippen LogP contribution in [-0.2, 0) is 4.79 Å². The fraction of sp³-hybridized carbons (Fsp3) is 0.385. The lowest BCUT2D eigenvalue weighted by Crippen LogP contribution is -2.41. The topological polar surface area (TPSA) is 110 Å². The minimum Gasteiger partial charge on any atom is -0.496 e. The fourth-order valence-corrected chi connectivity index (χ4v) is 1.83. The van der Waals surface area contributed by atoms with Crippen molar-refractivity contribution in [2.24, 2.45) is 0 Å². The van der Waals surface area contributed by atoms with Crippen molar-refractivity contribution >= 4 is 17.6 Å². The quantitative estimate of drug-likeness (QED) is 0.629. The Morgan fingerprint density at radius 1 is 1.43 bits per heavy atom. The summed E-state index contributed by atoms with van der Waals surface area (Å²) in [6.45, 7) is 2.70. The molecular weight excluding hydrogens is 280 g/mol. The third-order valence-electron chi connectivity index (χ3n) is 2.82. The Hall–Kier alpha value is -2.64. The van der Waals surface area contributed by atoms with Gasteiger partial charge in [0.2, 0.25) is 0 Å². The van der Waals surface area contributed by atoms with E-state index in [1.165, 1.54) is 25.3 Å². The normalized spacial score (nSPS) is 10.3. The van der Waals surface area contributed by atoms with Crippen LogP contribution in [0.3, 0.4) is 0 Å². The number of rotatable bonds is 6. The summed E-state index contributed by atoms with van der Waals surface area (Å²) in [5, 5.41) is 19.9. The molecule has 8 nitrogen and oxygen atoms in total. The van der Waals surface area contributed by atoms with Crippen molar-refractivity contribution in [2.45, 2.75) is 19.9 Å². The Morgan fingerprint density at radius 3 is 2.48 bits per heavy atom. The second-order valence-corrected chi connectivity index (χ2v) is 4.53. The van der Waals surface area contributed by atoms with Gasteiger partial charge in [-0.1, -0.05) is 6.07 Å². The lowest BCUT2D eigenvalue weighted by atomic mass is 10.1. The van der Waals surface area contributed by atoms with Gasteiger partial charge in [0, 0.05) is 12.1 Å². The molecule has 1 rings (SSSR count). The molecule has 0 aromatic heterocycles. The lowest BCUT2D eigenvalue weighted by Gasteiger charge is -2.25. The smallest absolute Gasteiger partial charge is 0.323 e. The number of methoxy groups -OCH3 is 1. The summed E-state index contributed by atoms with van der Waals surface area (Å²) in [5.74, 6) is -1.92. The molecule has 1 N–H and O–H groups in total. The predicted molar refractivity (Wildman–Crippen MR) is 73.5 cm³/mol. The van der Waals surface area contributed by atoms with Crippen molar-refractivity contribution in [3.63, 3.8) is 0 Å².